The summed E-state index contributed by atoms with van der Waals surface area (Å²) >= 11 is 0. The lowest BCUT2D eigenvalue weighted by Gasteiger charge is -2.30. The highest BCUT2D eigenvalue weighted by molar-refractivity contribution is 5.71. The van der Waals surface area contributed by atoms with Crippen LogP contribution in [-0.2, 0) is 4.74 Å². The van der Waals surface area contributed by atoms with E-state index in [0.29, 0.717) is 5.92 Å². The minimum atomic E-state index is -0.458. The number of fused-ring (bicyclic) bond motifs is 1. The van der Waals surface area contributed by atoms with E-state index in [-0.39, 0.29) is 18.2 Å². The molecule has 1 saturated heterocycles. The molecule has 0 spiro atoms. The number of likely N-dealkylation sites (tertiary alicyclic amines) is 1. The lowest BCUT2D eigenvalue weighted by molar-refractivity contribution is 0.0105. The van der Waals surface area contributed by atoms with E-state index in [0.717, 1.165) is 19.4 Å². The van der Waals surface area contributed by atoms with E-state index in [9.17, 15) is 9.90 Å². The van der Waals surface area contributed by atoms with Crippen LogP contribution in [0.25, 0.3) is 0 Å². The zero-order valence-corrected chi connectivity index (χ0v) is 9.62. The summed E-state index contributed by atoms with van der Waals surface area (Å²) in [6.45, 7) is 6.36. The highest BCUT2D eigenvalue weighted by Crippen LogP contribution is 2.55. The lowest BCUT2D eigenvalue weighted by Crippen LogP contribution is -2.45. The number of carbonyl (C=O) groups excluding carboxylic acids is 1. The molecule has 1 aliphatic carbocycles. The van der Waals surface area contributed by atoms with Crippen LogP contribution in [0.3, 0.4) is 0 Å². The zero-order valence-electron chi connectivity index (χ0n) is 9.62. The van der Waals surface area contributed by atoms with Gasteiger partial charge in [-0.2, -0.15) is 0 Å². The van der Waals surface area contributed by atoms with Crippen LogP contribution in [0.1, 0.15) is 33.6 Å². The Kier molecular flexibility index (Phi) is 2.23. The fraction of sp³-hybridized carbons (Fsp3) is 0.909. The first-order valence-corrected chi connectivity index (χ1v) is 5.50. The molecule has 4 nitrogen and oxygen atoms in total. The summed E-state index contributed by atoms with van der Waals surface area (Å²) in [5.41, 5.74) is -0.733. The summed E-state index contributed by atoms with van der Waals surface area (Å²) in [6.07, 6.45) is 1.65. The molecule has 4 heteroatoms. The van der Waals surface area contributed by atoms with Crippen LogP contribution in [0.15, 0.2) is 0 Å². The lowest BCUT2D eigenvalue weighted by atomic mass is 10.2. The first-order valence-electron chi connectivity index (χ1n) is 5.50. The molecule has 0 aromatic rings. The van der Waals surface area contributed by atoms with Gasteiger partial charge in [-0.25, -0.2) is 4.79 Å². The molecule has 86 valence electrons. The van der Waals surface area contributed by atoms with Gasteiger partial charge in [-0.1, -0.05) is 0 Å². The molecular weight excluding hydrogens is 194 g/mol. The van der Waals surface area contributed by atoms with Crippen LogP contribution in [-0.4, -0.2) is 40.4 Å². The Labute approximate surface area is 90.2 Å². The average molecular weight is 213 g/mol. The van der Waals surface area contributed by atoms with Gasteiger partial charge in [0.05, 0.1) is 12.1 Å². The molecule has 1 heterocycles. The second-order valence-electron chi connectivity index (χ2n) is 5.58. The van der Waals surface area contributed by atoms with Crippen molar-refractivity contribution in [3.8, 4) is 0 Å². The Hall–Kier alpha value is -0.770. The fourth-order valence-electron chi connectivity index (χ4n) is 2.45. The number of nitrogens with zero attached hydrogens (tertiary/aromatic N) is 1. The van der Waals surface area contributed by atoms with E-state index in [1.54, 1.807) is 4.90 Å². The number of aliphatic hydroxyl groups is 1. The summed E-state index contributed by atoms with van der Waals surface area (Å²) in [7, 11) is 0. The third kappa shape index (κ3) is 1.71. The first-order chi connectivity index (χ1) is 6.89. The molecule has 1 N–H and O–H groups in total. The summed E-state index contributed by atoms with van der Waals surface area (Å²) in [5.74, 6) is 0.495. The number of piperidine rings is 1. The molecule has 2 rings (SSSR count). The van der Waals surface area contributed by atoms with Crippen LogP contribution < -0.4 is 0 Å². The summed E-state index contributed by atoms with van der Waals surface area (Å²) in [5, 5.41) is 9.34. The van der Waals surface area contributed by atoms with Gasteiger partial charge in [0, 0.05) is 6.54 Å². The Morgan fingerprint density at radius 3 is 2.73 bits per heavy atom. The molecule has 1 saturated carbocycles. The number of ether oxygens (including phenoxy) is 1. The normalized spacial score (nSPS) is 33.9. The van der Waals surface area contributed by atoms with Gasteiger partial charge >= 0.3 is 6.09 Å². The number of hydrogen-bond donors (Lipinski definition) is 1. The van der Waals surface area contributed by atoms with Gasteiger partial charge in [-0.15, -0.1) is 0 Å². The molecule has 0 radical (unpaired) electrons. The Morgan fingerprint density at radius 1 is 1.60 bits per heavy atom. The number of aliphatic hydroxyl groups excluding tert-OH is 1. The van der Waals surface area contributed by atoms with Crippen molar-refractivity contribution < 1.29 is 14.6 Å². The van der Waals surface area contributed by atoms with Gasteiger partial charge in [-0.05, 0) is 39.5 Å². The standard InChI is InChI=1S/C11H19NO3/c1-10(2,3)15-9(14)12-5-4-8-6-11(8,12)7-13/h8,13H,4-7H2,1-3H3/t8-,11-/m1/s1. The van der Waals surface area contributed by atoms with Crippen molar-refractivity contribution in [1.82, 2.24) is 4.90 Å². The molecule has 15 heavy (non-hydrogen) atoms. The maximum Gasteiger partial charge on any atom is 0.410 e. The second kappa shape index (κ2) is 3.11. The highest BCUT2D eigenvalue weighted by Gasteiger charge is 2.63. The van der Waals surface area contributed by atoms with Crippen molar-refractivity contribution in [2.45, 2.75) is 44.8 Å². The molecule has 1 amide bonds. The maximum atomic E-state index is 11.9. The van der Waals surface area contributed by atoms with Crippen molar-refractivity contribution in [1.29, 1.82) is 0 Å². The van der Waals surface area contributed by atoms with E-state index in [1.165, 1.54) is 0 Å². The summed E-state index contributed by atoms with van der Waals surface area (Å²) < 4.78 is 5.32. The smallest absolute Gasteiger partial charge is 0.410 e. The first kappa shape index (κ1) is 10.7. The highest BCUT2D eigenvalue weighted by atomic mass is 16.6. The number of hydrogen-bond acceptors (Lipinski definition) is 3. The topological polar surface area (TPSA) is 49.8 Å². The number of amides is 1. The summed E-state index contributed by atoms with van der Waals surface area (Å²) in [6, 6.07) is 0. The molecule has 2 aliphatic rings. The van der Waals surface area contributed by atoms with Crippen LogP contribution in [0.2, 0.25) is 0 Å². The SMILES string of the molecule is CC(C)(C)OC(=O)N1CC[C@@H]2C[C@@]21CO. The van der Waals surface area contributed by atoms with E-state index < -0.39 is 5.60 Å². The van der Waals surface area contributed by atoms with Crippen molar-refractivity contribution in [2.24, 2.45) is 5.92 Å². The average Bonchev–Trinajstić information content (AvgIpc) is 2.70. The summed E-state index contributed by atoms with van der Waals surface area (Å²) in [4.78, 5) is 13.6. The van der Waals surface area contributed by atoms with Crippen molar-refractivity contribution in [3.63, 3.8) is 0 Å². The van der Waals surface area contributed by atoms with Crippen molar-refractivity contribution in [3.05, 3.63) is 0 Å². The molecule has 1 aliphatic heterocycles. The minimum absolute atomic E-state index is 0.0664. The van der Waals surface area contributed by atoms with Gasteiger partial charge < -0.3 is 9.84 Å². The number of rotatable bonds is 1. The van der Waals surface area contributed by atoms with Crippen molar-refractivity contribution >= 4 is 6.09 Å². The van der Waals surface area contributed by atoms with Gasteiger partial charge in [0.25, 0.3) is 0 Å². The number of carbonyl (C=O) groups is 1. The predicted octanol–water partition coefficient (Wildman–Crippen LogP) is 1.38. The maximum absolute atomic E-state index is 11.9. The van der Waals surface area contributed by atoms with E-state index in [1.807, 2.05) is 20.8 Å². The Morgan fingerprint density at radius 2 is 2.27 bits per heavy atom. The van der Waals surface area contributed by atoms with Gasteiger partial charge in [0.1, 0.15) is 5.60 Å². The molecule has 2 fully saturated rings. The predicted molar refractivity (Wildman–Crippen MR) is 55.5 cm³/mol. The molecular formula is C11H19NO3. The second-order valence-corrected chi connectivity index (χ2v) is 5.58. The molecule has 2 atom stereocenters. The van der Waals surface area contributed by atoms with Gasteiger partial charge in [0.2, 0.25) is 0 Å². The van der Waals surface area contributed by atoms with Crippen LogP contribution in [0, 0.1) is 5.92 Å². The monoisotopic (exact) mass is 213 g/mol. The zero-order chi connectivity index (χ0) is 11.3. The van der Waals surface area contributed by atoms with Crippen molar-refractivity contribution in [2.75, 3.05) is 13.2 Å². The molecule has 0 aromatic heterocycles. The van der Waals surface area contributed by atoms with E-state index >= 15 is 0 Å². The van der Waals surface area contributed by atoms with Gasteiger partial charge in [0.15, 0.2) is 0 Å². The molecule has 0 unspecified atom stereocenters. The van der Waals surface area contributed by atoms with Crippen LogP contribution in [0.5, 0.6) is 0 Å². The Bertz CT molecular complexity index is 280. The third-order valence-corrected chi connectivity index (χ3v) is 3.33. The van der Waals surface area contributed by atoms with Crippen LogP contribution in [0.4, 0.5) is 4.79 Å². The molecule has 0 aromatic carbocycles. The van der Waals surface area contributed by atoms with E-state index in [2.05, 4.69) is 0 Å². The van der Waals surface area contributed by atoms with Crippen LogP contribution >= 0.6 is 0 Å². The fourth-order valence-corrected chi connectivity index (χ4v) is 2.45. The van der Waals surface area contributed by atoms with E-state index in [4.69, 9.17) is 4.74 Å². The largest absolute Gasteiger partial charge is 0.444 e. The Balaban J connectivity index is 2.02. The quantitative estimate of drug-likeness (QED) is 0.716. The van der Waals surface area contributed by atoms with Gasteiger partial charge in [-0.3, -0.25) is 4.90 Å². The minimum Gasteiger partial charge on any atom is -0.444 e. The third-order valence-electron chi connectivity index (χ3n) is 3.33. The molecule has 0 bridgehead atoms.